The topological polar surface area (TPSA) is 51.4 Å². The van der Waals surface area contributed by atoms with Crippen molar-refractivity contribution in [2.24, 2.45) is 4.99 Å². The second kappa shape index (κ2) is 5.42. The Morgan fingerprint density at radius 3 is 3.00 bits per heavy atom. The lowest BCUT2D eigenvalue weighted by atomic mass is 10.4. The highest BCUT2D eigenvalue weighted by Gasteiger charge is 2.21. The number of aromatic nitrogens is 2. The highest BCUT2D eigenvalue weighted by atomic mass is 35.5. The van der Waals surface area contributed by atoms with E-state index in [-0.39, 0.29) is 5.50 Å². The summed E-state index contributed by atoms with van der Waals surface area (Å²) >= 11 is 6.17. The molecular weight excluding hydrogens is 268 g/mol. The van der Waals surface area contributed by atoms with E-state index < -0.39 is 8.07 Å². The summed E-state index contributed by atoms with van der Waals surface area (Å²) in [7, 11) is -1.03. The summed E-state index contributed by atoms with van der Waals surface area (Å²) in [6.07, 6.45) is 3.29. The molecule has 0 aromatic carbocycles. The van der Waals surface area contributed by atoms with E-state index in [1.165, 1.54) is 0 Å². The van der Waals surface area contributed by atoms with E-state index in [2.05, 4.69) is 34.9 Å². The van der Waals surface area contributed by atoms with Crippen molar-refractivity contribution in [3.63, 3.8) is 0 Å². The number of imidazole rings is 1. The average Bonchev–Trinajstić information content (AvgIpc) is 2.68. The van der Waals surface area contributed by atoms with Crippen LogP contribution in [0.2, 0.25) is 25.7 Å². The Bertz CT molecular complexity index is 441. The summed E-state index contributed by atoms with van der Waals surface area (Å²) in [5, 5.41) is 2.94. The molecule has 0 radical (unpaired) electrons. The average molecular weight is 287 g/mol. The third kappa shape index (κ3) is 3.34. The van der Waals surface area contributed by atoms with Crippen molar-refractivity contribution in [3.05, 3.63) is 12.0 Å². The van der Waals surface area contributed by atoms with Crippen LogP contribution in [0.15, 0.2) is 11.3 Å². The van der Waals surface area contributed by atoms with Gasteiger partial charge in [-0.3, -0.25) is 0 Å². The number of aliphatic imine (C=N–C) groups is 1. The number of fused-ring (bicyclic) bond motifs is 1. The number of alkyl halides is 1. The van der Waals surface area contributed by atoms with Gasteiger partial charge in [-0.05, 0) is 6.04 Å². The van der Waals surface area contributed by atoms with E-state index in [0.29, 0.717) is 12.5 Å². The van der Waals surface area contributed by atoms with Gasteiger partial charge in [0.25, 0.3) is 0 Å². The van der Waals surface area contributed by atoms with Crippen LogP contribution >= 0.6 is 11.6 Å². The number of nitrogens with one attached hydrogen (secondary N) is 1. The van der Waals surface area contributed by atoms with Crippen LogP contribution in [0.5, 0.6) is 0 Å². The van der Waals surface area contributed by atoms with Crippen LogP contribution in [0.3, 0.4) is 0 Å². The Morgan fingerprint density at radius 1 is 1.50 bits per heavy atom. The second-order valence-electron chi connectivity index (χ2n) is 5.56. The molecule has 1 unspecified atom stereocenters. The van der Waals surface area contributed by atoms with Gasteiger partial charge < -0.3 is 14.6 Å². The molecule has 1 aromatic heterocycles. The molecule has 1 N–H and O–H groups in total. The summed E-state index contributed by atoms with van der Waals surface area (Å²) in [4.78, 5) is 8.33. The lowest BCUT2D eigenvalue weighted by Crippen LogP contribution is -2.23. The van der Waals surface area contributed by atoms with Crippen molar-refractivity contribution in [3.8, 4) is 0 Å². The molecule has 0 amide bonds. The molecule has 0 aliphatic carbocycles. The third-order valence-electron chi connectivity index (χ3n) is 2.73. The summed E-state index contributed by atoms with van der Waals surface area (Å²) < 4.78 is 7.59. The monoisotopic (exact) mass is 286 g/mol. The first kappa shape index (κ1) is 13.6. The van der Waals surface area contributed by atoms with Gasteiger partial charge in [0.05, 0.1) is 12.7 Å². The van der Waals surface area contributed by atoms with Crippen molar-refractivity contribution in [2.75, 3.05) is 6.61 Å². The molecule has 5 nitrogen and oxygen atoms in total. The SMILES string of the molecule is C[Si](C)(C)CCOCn1cnc2c1C(Cl)NC=N2. The van der Waals surface area contributed by atoms with Gasteiger partial charge in [0.15, 0.2) is 5.82 Å². The minimum absolute atomic E-state index is 0.291. The zero-order valence-corrected chi connectivity index (χ0v) is 12.7. The Kier molecular flexibility index (Phi) is 4.09. The molecule has 1 aliphatic heterocycles. The van der Waals surface area contributed by atoms with Crippen LogP contribution in [-0.4, -0.2) is 30.6 Å². The highest BCUT2D eigenvalue weighted by molar-refractivity contribution is 6.76. The van der Waals surface area contributed by atoms with Gasteiger partial charge in [-0.25, -0.2) is 9.98 Å². The lowest BCUT2D eigenvalue weighted by molar-refractivity contribution is 0.0851. The van der Waals surface area contributed by atoms with Gasteiger partial charge in [0, 0.05) is 14.7 Å². The van der Waals surface area contributed by atoms with Gasteiger partial charge in [-0.2, -0.15) is 0 Å². The molecule has 1 aliphatic rings. The summed E-state index contributed by atoms with van der Waals surface area (Å²) in [6.45, 7) is 8.27. The maximum absolute atomic E-state index is 6.17. The molecule has 1 atom stereocenters. The lowest BCUT2D eigenvalue weighted by Gasteiger charge is -2.18. The Morgan fingerprint density at radius 2 is 2.28 bits per heavy atom. The van der Waals surface area contributed by atoms with Crippen LogP contribution in [0, 0.1) is 0 Å². The van der Waals surface area contributed by atoms with Crippen LogP contribution < -0.4 is 5.32 Å². The van der Waals surface area contributed by atoms with Gasteiger partial charge in [0.1, 0.15) is 17.9 Å². The third-order valence-corrected chi connectivity index (χ3v) is 4.77. The zero-order valence-electron chi connectivity index (χ0n) is 11.0. The van der Waals surface area contributed by atoms with E-state index in [0.717, 1.165) is 18.3 Å². The van der Waals surface area contributed by atoms with Crippen molar-refractivity contribution in [2.45, 2.75) is 37.9 Å². The number of nitrogens with zero attached hydrogens (tertiary/aromatic N) is 3. The van der Waals surface area contributed by atoms with Crippen molar-refractivity contribution < 1.29 is 4.74 Å². The summed E-state index contributed by atoms with van der Waals surface area (Å²) in [5.41, 5.74) is 0.577. The van der Waals surface area contributed by atoms with Gasteiger partial charge in [0.2, 0.25) is 0 Å². The van der Waals surface area contributed by atoms with Crippen molar-refractivity contribution >= 4 is 31.8 Å². The largest absolute Gasteiger partial charge is 0.361 e. The predicted octanol–water partition coefficient (Wildman–Crippen LogP) is 2.70. The molecular formula is C11H19ClN4OSi. The number of ether oxygens (including phenoxy) is 1. The summed E-state index contributed by atoms with van der Waals surface area (Å²) in [5.74, 6) is 0.669. The Labute approximate surface area is 113 Å². The first-order chi connectivity index (χ1) is 8.47. The van der Waals surface area contributed by atoms with Crippen LogP contribution in [0.25, 0.3) is 0 Å². The molecule has 0 saturated heterocycles. The van der Waals surface area contributed by atoms with Crippen molar-refractivity contribution in [1.29, 1.82) is 0 Å². The molecule has 18 heavy (non-hydrogen) atoms. The molecule has 100 valence electrons. The van der Waals surface area contributed by atoms with E-state index in [1.807, 2.05) is 4.57 Å². The molecule has 0 fully saturated rings. The maximum atomic E-state index is 6.17. The Hall–Kier alpha value is -0.853. The van der Waals surface area contributed by atoms with E-state index in [1.54, 1.807) is 12.7 Å². The molecule has 2 rings (SSSR count). The minimum atomic E-state index is -1.03. The number of hydrogen-bond acceptors (Lipinski definition) is 4. The molecule has 0 spiro atoms. The Balaban J connectivity index is 1.91. The zero-order chi connectivity index (χ0) is 13.2. The van der Waals surface area contributed by atoms with Gasteiger partial charge in [-0.15, -0.1) is 0 Å². The van der Waals surface area contributed by atoms with E-state index >= 15 is 0 Å². The highest BCUT2D eigenvalue weighted by Crippen LogP contribution is 2.29. The fourth-order valence-corrected chi connectivity index (χ4v) is 2.66. The van der Waals surface area contributed by atoms with Gasteiger partial charge in [-0.1, -0.05) is 31.2 Å². The van der Waals surface area contributed by atoms with Crippen LogP contribution in [0.4, 0.5) is 5.82 Å². The second-order valence-corrected chi connectivity index (χ2v) is 11.6. The molecule has 2 heterocycles. The normalized spacial score (nSPS) is 18.6. The van der Waals surface area contributed by atoms with Gasteiger partial charge >= 0.3 is 0 Å². The summed E-state index contributed by atoms with van der Waals surface area (Å²) in [6, 6.07) is 1.16. The molecule has 0 saturated carbocycles. The molecule has 1 aromatic rings. The first-order valence-electron chi connectivity index (χ1n) is 6.03. The predicted molar refractivity (Wildman–Crippen MR) is 76.2 cm³/mol. The first-order valence-corrected chi connectivity index (χ1v) is 10.2. The fourth-order valence-electron chi connectivity index (χ4n) is 1.63. The quantitative estimate of drug-likeness (QED) is 0.392. The van der Waals surface area contributed by atoms with E-state index in [9.17, 15) is 0 Å². The minimum Gasteiger partial charge on any atom is -0.361 e. The number of halogens is 1. The fraction of sp³-hybridized carbons (Fsp3) is 0.636. The number of rotatable bonds is 5. The van der Waals surface area contributed by atoms with Crippen molar-refractivity contribution in [1.82, 2.24) is 14.9 Å². The van der Waals surface area contributed by atoms with Crippen LogP contribution in [0.1, 0.15) is 11.2 Å². The van der Waals surface area contributed by atoms with E-state index in [4.69, 9.17) is 16.3 Å². The number of hydrogen-bond donors (Lipinski definition) is 1. The van der Waals surface area contributed by atoms with Crippen LogP contribution in [-0.2, 0) is 11.5 Å². The molecule has 7 heteroatoms. The molecule has 0 bridgehead atoms. The maximum Gasteiger partial charge on any atom is 0.178 e. The standard InChI is InChI=1S/C11H19ClN4OSi/c1-18(2,3)5-4-17-8-16-7-15-11-9(16)10(12)13-6-14-11/h6-7,10H,4-5,8H2,1-3H3,(H,13,14). The smallest absolute Gasteiger partial charge is 0.178 e.